The van der Waals surface area contributed by atoms with Crippen molar-refractivity contribution in [1.82, 2.24) is 0 Å². The molecule has 1 aliphatic carbocycles. The highest BCUT2D eigenvalue weighted by Gasteiger charge is 2.11. The molecule has 1 aromatic carbocycles. The van der Waals surface area contributed by atoms with Crippen LogP contribution in [0, 0.1) is 0 Å². The summed E-state index contributed by atoms with van der Waals surface area (Å²) in [5, 5.41) is 0. The summed E-state index contributed by atoms with van der Waals surface area (Å²) in [7, 11) is 0. The Morgan fingerprint density at radius 2 is 2.00 bits per heavy atom. The van der Waals surface area contributed by atoms with Crippen molar-refractivity contribution >= 4 is 0 Å². The molecule has 0 aliphatic heterocycles. The molecule has 0 saturated carbocycles. The zero-order valence-electron chi connectivity index (χ0n) is 10.7. The van der Waals surface area contributed by atoms with Crippen LogP contribution in [0.2, 0.25) is 0 Å². The molecule has 1 aliphatic rings. The van der Waals surface area contributed by atoms with Crippen LogP contribution in [0.5, 0.6) is 0 Å². The first-order valence-electron chi connectivity index (χ1n) is 6.73. The van der Waals surface area contributed by atoms with Crippen molar-refractivity contribution in [3.05, 3.63) is 47.5 Å². The van der Waals surface area contributed by atoms with E-state index in [-0.39, 0.29) is 0 Å². The van der Waals surface area contributed by atoms with Gasteiger partial charge in [0.2, 0.25) is 0 Å². The lowest BCUT2D eigenvalue weighted by atomic mass is 10.1. The van der Waals surface area contributed by atoms with E-state index >= 15 is 0 Å². The molecule has 1 atom stereocenters. The second-order valence-corrected chi connectivity index (χ2v) is 4.76. The predicted molar refractivity (Wildman–Crippen MR) is 71.9 cm³/mol. The molecule has 0 aromatic heterocycles. The van der Waals surface area contributed by atoms with E-state index in [0.29, 0.717) is 6.10 Å². The van der Waals surface area contributed by atoms with Crippen molar-refractivity contribution in [2.75, 3.05) is 0 Å². The van der Waals surface area contributed by atoms with Crippen LogP contribution in [-0.2, 0) is 11.3 Å². The average molecular weight is 230 g/mol. The average Bonchev–Trinajstić information content (AvgIpc) is 2.62. The Morgan fingerprint density at radius 3 is 2.76 bits per heavy atom. The Kier molecular flexibility index (Phi) is 4.81. The third-order valence-corrected chi connectivity index (χ3v) is 3.42. The fraction of sp³-hybridized carbons (Fsp3) is 0.500. The minimum Gasteiger partial charge on any atom is -0.369 e. The van der Waals surface area contributed by atoms with E-state index in [1.165, 1.54) is 37.7 Å². The van der Waals surface area contributed by atoms with Gasteiger partial charge in [0.15, 0.2) is 0 Å². The van der Waals surface area contributed by atoms with Crippen LogP contribution in [0.4, 0.5) is 0 Å². The van der Waals surface area contributed by atoms with Crippen LogP contribution in [0.1, 0.15) is 44.6 Å². The molecule has 1 heteroatoms. The second kappa shape index (κ2) is 6.61. The maximum absolute atomic E-state index is 6.00. The Morgan fingerprint density at radius 1 is 1.18 bits per heavy atom. The molecule has 0 N–H and O–H groups in total. The molecule has 1 nitrogen and oxygen atoms in total. The number of ether oxygens (including phenoxy) is 1. The molecule has 0 saturated heterocycles. The molecule has 0 fully saturated rings. The second-order valence-electron chi connectivity index (χ2n) is 4.76. The monoisotopic (exact) mass is 230 g/mol. The molecular formula is C16H22O. The first kappa shape index (κ1) is 12.4. The van der Waals surface area contributed by atoms with Crippen LogP contribution in [0.25, 0.3) is 0 Å². The first-order valence-corrected chi connectivity index (χ1v) is 6.73. The summed E-state index contributed by atoms with van der Waals surface area (Å²) in [5.74, 6) is 0. The fourth-order valence-corrected chi connectivity index (χ4v) is 2.33. The Bertz CT molecular complexity index is 353. The number of rotatable bonds is 4. The summed E-state index contributed by atoms with van der Waals surface area (Å²) in [6, 6.07) is 10.4. The topological polar surface area (TPSA) is 9.23 Å². The Labute approximate surface area is 104 Å². The van der Waals surface area contributed by atoms with Crippen LogP contribution < -0.4 is 0 Å². The van der Waals surface area contributed by atoms with Gasteiger partial charge < -0.3 is 4.74 Å². The molecule has 0 spiro atoms. The number of allylic oxidation sites excluding steroid dienone is 1. The van der Waals surface area contributed by atoms with Crippen LogP contribution >= 0.6 is 0 Å². The van der Waals surface area contributed by atoms with Crippen molar-refractivity contribution in [1.29, 1.82) is 0 Å². The summed E-state index contributed by atoms with van der Waals surface area (Å²) >= 11 is 0. The largest absolute Gasteiger partial charge is 0.369 e. The predicted octanol–water partition coefficient (Wildman–Crippen LogP) is 4.48. The van der Waals surface area contributed by atoms with E-state index in [1.807, 2.05) is 6.07 Å². The molecule has 2 rings (SSSR count). The smallest absolute Gasteiger partial charge is 0.0763 e. The van der Waals surface area contributed by atoms with Gasteiger partial charge in [-0.2, -0.15) is 0 Å². The van der Waals surface area contributed by atoms with E-state index in [0.717, 1.165) is 6.61 Å². The molecule has 92 valence electrons. The third-order valence-electron chi connectivity index (χ3n) is 3.42. The fourth-order valence-electron chi connectivity index (χ4n) is 2.33. The zero-order chi connectivity index (χ0) is 11.9. The number of hydrogen-bond acceptors (Lipinski definition) is 1. The number of hydrogen-bond donors (Lipinski definition) is 0. The minimum atomic E-state index is 0.327. The van der Waals surface area contributed by atoms with Gasteiger partial charge in [-0.05, 0) is 31.2 Å². The normalized spacial score (nSPS) is 20.8. The quantitative estimate of drug-likeness (QED) is 0.693. The van der Waals surface area contributed by atoms with Crippen LogP contribution in [-0.4, -0.2) is 6.10 Å². The van der Waals surface area contributed by atoms with Gasteiger partial charge >= 0.3 is 0 Å². The van der Waals surface area contributed by atoms with E-state index in [2.05, 4.69) is 37.3 Å². The van der Waals surface area contributed by atoms with Gasteiger partial charge in [-0.3, -0.25) is 0 Å². The highest BCUT2D eigenvalue weighted by atomic mass is 16.5. The highest BCUT2D eigenvalue weighted by molar-refractivity contribution is 5.14. The summed E-state index contributed by atoms with van der Waals surface area (Å²) in [5.41, 5.74) is 2.84. The molecule has 17 heavy (non-hydrogen) atoms. The molecular weight excluding hydrogens is 208 g/mol. The van der Waals surface area contributed by atoms with Crippen molar-refractivity contribution in [2.24, 2.45) is 0 Å². The number of benzene rings is 1. The summed E-state index contributed by atoms with van der Waals surface area (Å²) < 4.78 is 6.00. The molecule has 0 bridgehead atoms. The van der Waals surface area contributed by atoms with Crippen molar-refractivity contribution < 1.29 is 4.74 Å². The van der Waals surface area contributed by atoms with Crippen LogP contribution in [0.15, 0.2) is 42.0 Å². The first-order chi connectivity index (χ1) is 8.38. The van der Waals surface area contributed by atoms with E-state index < -0.39 is 0 Å². The van der Waals surface area contributed by atoms with Gasteiger partial charge in [0, 0.05) is 0 Å². The van der Waals surface area contributed by atoms with Crippen molar-refractivity contribution in [3.8, 4) is 0 Å². The summed E-state index contributed by atoms with van der Waals surface area (Å²) in [6.45, 7) is 2.98. The minimum absolute atomic E-state index is 0.327. The lowest BCUT2D eigenvalue weighted by Gasteiger charge is -2.13. The SMILES string of the molecule is CCC1=CC(OCc2ccccc2)CCCC1. The highest BCUT2D eigenvalue weighted by Crippen LogP contribution is 2.22. The molecule has 0 amide bonds. The Balaban J connectivity index is 1.89. The van der Waals surface area contributed by atoms with E-state index in [1.54, 1.807) is 5.57 Å². The Hall–Kier alpha value is -1.08. The van der Waals surface area contributed by atoms with Gasteiger partial charge in [0.05, 0.1) is 12.7 Å². The van der Waals surface area contributed by atoms with Gasteiger partial charge in [-0.15, -0.1) is 0 Å². The van der Waals surface area contributed by atoms with Crippen molar-refractivity contribution in [2.45, 2.75) is 51.7 Å². The van der Waals surface area contributed by atoms with E-state index in [4.69, 9.17) is 4.74 Å². The maximum Gasteiger partial charge on any atom is 0.0763 e. The van der Waals surface area contributed by atoms with Gasteiger partial charge in [-0.1, -0.05) is 55.3 Å². The zero-order valence-corrected chi connectivity index (χ0v) is 10.7. The molecule has 1 unspecified atom stereocenters. The van der Waals surface area contributed by atoms with Gasteiger partial charge in [-0.25, -0.2) is 0 Å². The van der Waals surface area contributed by atoms with Crippen LogP contribution in [0.3, 0.4) is 0 Å². The maximum atomic E-state index is 6.00. The summed E-state index contributed by atoms with van der Waals surface area (Å²) in [6.07, 6.45) is 8.91. The molecule has 0 heterocycles. The standard InChI is InChI=1S/C16H22O/c1-2-14-8-6-7-11-16(12-14)17-13-15-9-4-3-5-10-15/h3-5,9-10,12,16H,2,6-8,11,13H2,1H3. The van der Waals surface area contributed by atoms with Crippen molar-refractivity contribution in [3.63, 3.8) is 0 Å². The third kappa shape index (κ3) is 4.01. The van der Waals surface area contributed by atoms with E-state index in [9.17, 15) is 0 Å². The van der Waals surface area contributed by atoms with Gasteiger partial charge in [0.1, 0.15) is 0 Å². The lowest BCUT2D eigenvalue weighted by Crippen LogP contribution is -2.09. The molecule has 0 radical (unpaired) electrons. The summed E-state index contributed by atoms with van der Waals surface area (Å²) in [4.78, 5) is 0. The molecule has 1 aromatic rings. The van der Waals surface area contributed by atoms with Gasteiger partial charge in [0.25, 0.3) is 0 Å². The lowest BCUT2D eigenvalue weighted by molar-refractivity contribution is 0.0658.